The molecule has 0 bridgehead atoms. The minimum atomic E-state index is -1.58. The fraction of sp³-hybridized carbons (Fsp3) is 0.750. The Morgan fingerprint density at radius 1 is 1.36 bits per heavy atom. The van der Waals surface area contributed by atoms with E-state index in [0.717, 1.165) is 0 Å². The second-order valence-corrected chi connectivity index (χ2v) is 3.06. The summed E-state index contributed by atoms with van der Waals surface area (Å²) in [6.45, 7) is 3.79. The Kier molecular flexibility index (Phi) is 6.94. The van der Waals surface area contributed by atoms with Gasteiger partial charge in [-0.2, -0.15) is 0 Å². The maximum Gasteiger partial charge on any atom is 0.335 e. The first-order valence-electron chi connectivity index (χ1n) is 3.84. The van der Waals surface area contributed by atoms with Gasteiger partial charge in [0.25, 0.3) is 0 Å². The van der Waals surface area contributed by atoms with Crippen molar-refractivity contribution in [2.24, 2.45) is 0 Å². The molecule has 0 fully saturated rings. The van der Waals surface area contributed by atoms with Crippen LogP contribution in [0.25, 0.3) is 0 Å². The molecule has 1 unspecified atom stereocenters. The third-order valence-electron chi connectivity index (χ3n) is 1.07. The largest absolute Gasteiger partial charge is 0.479 e. The molecule has 6 heteroatoms. The van der Waals surface area contributed by atoms with Crippen LogP contribution in [0.2, 0.25) is 0 Å². The van der Waals surface area contributed by atoms with Crippen LogP contribution >= 0.6 is 0 Å². The van der Waals surface area contributed by atoms with Crippen molar-refractivity contribution in [1.82, 2.24) is 0 Å². The molecule has 0 aromatic carbocycles. The predicted molar refractivity (Wildman–Crippen MR) is 47.6 cm³/mol. The number of carboxylic acid groups (broad SMARTS) is 1. The second-order valence-electron chi connectivity index (χ2n) is 3.06. The first-order chi connectivity index (χ1) is 6.12. The van der Waals surface area contributed by atoms with Gasteiger partial charge in [-0.15, -0.1) is 0 Å². The highest BCUT2D eigenvalue weighted by molar-refractivity contribution is 5.75. The number of esters is 1. The summed E-state index contributed by atoms with van der Waals surface area (Å²) in [7, 11) is 1.23. The van der Waals surface area contributed by atoms with E-state index in [9.17, 15) is 9.59 Å². The third-order valence-corrected chi connectivity index (χ3v) is 1.07. The van der Waals surface area contributed by atoms with Crippen molar-refractivity contribution >= 4 is 11.9 Å². The zero-order valence-electron chi connectivity index (χ0n) is 8.64. The molecule has 1 atom stereocenters. The Balaban J connectivity index is 0. The lowest BCUT2D eigenvalue weighted by Gasteiger charge is -2.07. The molecule has 0 rings (SSSR count). The summed E-state index contributed by atoms with van der Waals surface area (Å²) in [6.07, 6.45) is -0.995. The van der Waals surface area contributed by atoms with Crippen LogP contribution in [0, 0.1) is 0 Å². The number of carbonyl (C=O) groups is 2. The van der Waals surface area contributed by atoms with Crippen LogP contribution in [-0.4, -0.2) is 46.1 Å². The average Bonchev–Trinajstić information content (AvgIpc) is 2.02. The van der Waals surface area contributed by atoms with Crippen LogP contribution in [0.15, 0.2) is 0 Å². The lowest BCUT2D eigenvalue weighted by atomic mass is 10.1. The highest BCUT2D eigenvalue weighted by Gasteiger charge is 2.21. The number of hydrogen-bond acceptors (Lipinski definition) is 5. The van der Waals surface area contributed by atoms with Gasteiger partial charge in [0.15, 0.2) is 5.60 Å². The van der Waals surface area contributed by atoms with Gasteiger partial charge in [-0.3, -0.25) is 0 Å². The van der Waals surface area contributed by atoms with E-state index in [0.29, 0.717) is 0 Å². The van der Waals surface area contributed by atoms with Gasteiger partial charge in [-0.25, -0.2) is 9.59 Å². The van der Waals surface area contributed by atoms with Gasteiger partial charge in [-0.05, 0) is 20.8 Å². The van der Waals surface area contributed by atoms with Gasteiger partial charge in [-0.1, -0.05) is 0 Å². The van der Waals surface area contributed by atoms with Gasteiger partial charge in [0, 0.05) is 0 Å². The normalized spacial score (nSPS) is 12.1. The molecule has 0 aliphatic rings. The van der Waals surface area contributed by atoms with Gasteiger partial charge in [0.2, 0.25) is 0 Å². The standard InChI is InChI=1S/2C4H8O3/c1-4(2,7)3(5)6;1-3(5)4(6)7-2/h7H,1-2H3,(H,5,6);3,5H,1-2H3. The van der Waals surface area contributed by atoms with Crippen LogP contribution in [0.3, 0.4) is 0 Å². The summed E-state index contributed by atoms with van der Waals surface area (Å²) < 4.78 is 4.12. The summed E-state index contributed by atoms with van der Waals surface area (Å²) in [5.74, 6) is -1.80. The van der Waals surface area contributed by atoms with E-state index >= 15 is 0 Å². The number of carboxylic acids is 1. The molecule has 14 heavy (non-hydrogen) atoms. The predicted octanol–water partition coefficient (Wildman–Crippen LogP) is -0.618. The highest BCUT2D eigenvalue weighted by Crippen LogP contribution is 1.97. The molecule has 0 aliphatic carbocycles. The first kappa shape index (κ1) is 15.3. The first-order valence-corrected chi connectivity index (χ1v) is 3.84. The highest BCUT2D eigenvalue weighted by atomic mass is 16.5. The van der Waals surface area contributed by atoms with Gasteiger partial charge < -0.3 is 20.1 Å². The third kappa shape index (κ3) is 8.95. The van der Waals surface area contributed by atoms with Crippen LogP contribution < -0.4 is 0 Å². The van der Waals surface area contributed by atoms with Crippen LogP contribution in [0.4, 0.5) is 0 Å². The van der Waals surface area contributed by atoms with E-state index in [1.165, 1.54) is 27.9 Å². The number of methoxy groups -OCH3 is 1. The SMILES string of the molecule is CC(C)(O)C(=O)O.COC(=O)C(C)O. The molecule has 0 aromatic heterocycles. The Hall–Kier alpha value is -1.14. The Bertz CT molecular complexity index is 188. The van der Waals surface area contributed by atoms with E-state index in [2.05, 4.69) is 4.74 Å². The van der Waals surface area contributed by atoms with Gasteiger partial charge >= 0.3 is 11.9 Å². The molecule has 6 nitrogen and oxygen atoms in total. The number of aliphatic carboxylic acids is 1. The van der Waals surface area contributed by atoms with Gasteiger partial charge in [0.05, 0.1) is 7.11 Å². The van der Waals surface area contributed by atoms with Crippen LogP contribution in [0.5, 0.6) is 0 Å². The molecule has 0 heterocycles. The molecule has 0 aliphatic heterocycles. The Morgan fingerprint density at radius 3 is 1.64 bits per heavy atom. The molecule has 0 spiro atoms. The Morgan fingerprint density at radius 2 is 1.64 bits per heavy atom. The van der Waals surface area contributed by atoms with Gasteiger partial charge in [0.1, 0.15) is 6.10 Å². The smallest absolute Gasteiger partial charge is 0.335 e. The van der Waals surface area contributed by atoms with Crippen molar-refractivity contribution in [3.63, 3.8) is 0 Å². The average molecular weight is 208 g/mol. The van der Waals surface area contributed by atoms with E-state index < -0.39 is 23.6 Å². The minimum Gasteiger partial charge on any atom is -0.479 e. The second kappa shape index (κ2) is 6.33. The molecule has 0 amide bonds. The number of carbonyl (C=O) groups excluding carboxylic acids is 1. The number of aliphatic hydroxyl groups excluding tert-OH is 1. The van der Waals surface area contributed by atoms with E-state index in [1.54, 1.807) is 0 Å². The quantitative estimate of drug-likeness (QED) is 0.522. The fourth-order valence-electron chi connectivity index (χ4n) is 0.171. The van der Waals surface area contributed by atoms with Crippen molar-refractivity contribution < 1.29 is 29.6 Å². The topological polar surface area (TPSA) is 104 Å². The Labute approximate surface area is 82.1 Å². The summed E-state index contributed by atoms with van der Waals surface area (Å²) in [5, 5.41) is 24.8. The van der Waals surface area contributed by atoms with E-state index in [4.69, 9.17) is 15.3 Å². The number of aliphatic hydroxyl groups is 2. The minimum absolute atomic E-state index is 0.597. The summed E-state index contributed by atoms with van der Waals surface area (Å²) in [6, 6.07) is 0. The van der Waals surface area contributed by atoms with Crippen molar-refractivity contribution in [2.45, 2.75) is 32.5 Å². The zero-order chi connectivity index (χ0) is 11.9. The number of rotatable bonds is 2. The molecular weight excluding hydrogens is 192 g/mol. The molecule has 0 saturated heterocycles. The molecule has 0 radical (unpaired) electrons. The number of hydrogen-bond donors (Lipinski definition) is 3. The molecular formula is C8H16O6. The van der Waals surface area contributed by atoms with Crippen molar-refractivity contribution in [3.05, 3.63) is 0 Å². The molecule has 3 N–H and O–H groups in total. The maximum atomic E-state index is 10.0. The zero-order valence-corrected chi connectivity index (χ0v) is 8.64. The van der Waals surface area contributed by atoms with Crippen molar-refractivity contribution in [2.75, 3.05) is 7.11 Å². The lowest BCUT2D eigenvalue weighted by Crippen LogP contribution is -2.30. The maximum absolute atomic E-state index is 10.0. The van der Waals surface area contributed by atoms with Crippen LogP contribution in [-0.2, 0) is 14.3 Å². The molecule has 84 valence electrons. The monoisotopic (exact) mass is 208 g/mol. The molecule has 0 aromatic rings. The number of ether oxygens (including phenoxy) is 1. The lowest BCUT2D eigenvalue weighted by molar-refractivity contribution is -0.154. The van der Waals surface area contributed by atoms with Crippen molar-refractivity contribution in [1.29, 1.82) is 0 Å². The molecule has 0 saturated carbocycles. The fourth-order valence-corrected chi connectivity index (χ4v) is 0.171. The van der Waals surface area contributed by atoms with Crippen LogP contribution in [0.1, 0.15) is 20.8 Å². The van der Waals surface area contributed by atoms with E-state index in [1.807, 2.05) is 0 Å². The van der Waals surface area contributed by atoms with Crippen molar-refractivity contribution in [3.8, 4) is 0 Å². The van der Waals surface area contributed by atoms with E-state index in [-0.39, 0.29) is 0 Å². The summed E-state index contributed by atoms with van der Waals surface area (Å²) in [4.78, 5) is 19.8. The summed E-state index contributed by atoms with van der Waals surface area (Å²) in [5.41, 5.74) is -1.58. The summed E-state index contributed by atoms with van der Waals surface area (Å²) >= 11 is 0.